The van der Waals surface area contributed by atoms with Crippen molar-refractivity contribution in [2.45, 2.75) is 19.8 Å². The molecule has 21 heavy (non-hydrogen) atoms. The molecule has 0 aliphatic rings. The molecule has 2 aromatic rings. The van der Waals surface area contributed by atoms with Crippen molar-refractivity contribution in [3.8, 4) is 5.75 Å². The quantitative estimate of drug-likeness (QED) is 0.796. The minimum atomic E-state index is -0.969. The first-order valence-corrected chi connectivity index (χ1v) is 7.62. The number of aryl methyl sites for hydroxylation is 1. The van der Waals surface area contributed by atoms with Crippen LogP contribution in [0, 0.1) is 0 Å². The average Bonchev–Trinajstić information content (AvgIpc) is 2.93. The fraction of sp³-hybridized carbons (Fsp3) is 0.250. The number of aromatic nitrogens is 1. The van der Waals surface area contributed by atoms with Crippen molar-refractivity contribution in [2.75, 3.05) is 6.61 Å². The van der Waals surface area contributed by atoms with Crippen LogP contribution in [0.5, 0.6) is 5.75 Å². The van der Waals surface area contributed by atoms with E-state index in [0.717, 1.165) is 23.3 Å². The van der Waals surface area contributed by atoms with Crippen molar-refractivity contribution in [1.29, 1.82) is 0 Å². The lowest BCUT2D eigenvalue weighted by Crippen LogP contribution is -2.01. The number of benzene rings is 1. The lowest BCUT2D eigenvalue weighted by Gasteiger charge is -2.06. The van der Waals surface area contributed by atoms with E-state index in [2.05, 4.69) is 18.0 Å². The normalized spacial score (nSPS) is 10.9. The molecule has 0 fully saturated rings. The maximum Gasteiger partial charge on any atom is 0.328 e. The number of thiazole rings is 1. The van der Waals surface area contributed by atoms with E-state index in [1.54, 1.807) is 0 Å². The van der Waals surface area contributed by atoms with Gasteiger partial charge < -0.3 is 9.84 Å². The molecule has 2 rings (SSSR count). The molecule has 0 amide bonds. The maximum absolute atomic E-state index is 10.4. The lowest BCUT2D eigenvalue weighted by atomic mass is 10.2. The Morgan fingerprint density at radius 1 is 1.48 bits per heavy atom. The minimum absolute atomic E-state index is 0.558. The van der Waals surface area contributed by atoms with Gasteiger partial charge in [0.05, 0.1) is 17.3 Å². The zero-order valence-electron chi connectivity index (χ0n) is 11.8. The van der Waals surface area contributed by atoms with Crippen LogP contribution in [0.15, 0.2) is 35.7 Å². The smallest absolute Gasteiger partial charge is 0.328 e. The zero-order chi connectivity index (χ0) is 15.1. The number of hydrogen-bond donors (Lipinski definition) is 1. The second kappa shape index (κ2) is 7.59. The Labute approximate surface area is 127 Å². The van der Waals surface area contributed by atoms with Gasteiger partial charge in [0.1, 0.15) is 5.75 Å². The second-order valence-electron chi connectivity index (χ2n) is 4.44. The van der Waals surface area contributed by atoms with Gasteiger partial charge >= 0.3 is 5.97 Å². The third-order valence-corrected chi connectivity index (χ3v) is 3.78. The van der Waals surface area contributed by atoms with E-state index in [1.165, 1.54) is 23.0 Å². The molecule has 0 spiro atoms. The van der Waals surface area contributed by atoms with Crippen LogP contribution in [0.1, 0.15) is 23.2 Å². The topological polar surface area (TPSA) is 59.4 Å². The first kappa shape index (κ1) is 15.3. The minimum Gasteiger partial charge on any atom is -0.493 e. The summed E-state index contributed by atoms with van der Waals surface area (Å²) in [5.41, 5.74) is 1.92. The van der Waals surface area contributed by atoms with E-state index < -0.39 is 5.97 Å². The maximum atomic E-state index is 10.4. The van der Waals surface area contributed by atoms with Crippen molar-refractivity contribution < 1.29 is 14.6 Å². The van der Waals surface area contributed by atoms with E-state index in [0.29, 0.717) is 18.7 Å². The van der Waals surface area contributed by atoms with Crippen LogP contribution in [-0.4, -0.2) is 22.7 Å². The molecule has 110 valence electrons. The van der Waals surface area contributed by atoms with Gasteiger partial charge in [-0.25, -0.2) is 9.78 Å². The summed E-state index contributed by atoms with van der Waals surface area (Å²) in [6.45, 7) is 2.67. The van der Waals surface area contributed by atoms with E-state index in [4.69, 9.17) is 9.84 Å². The van der Waals surface area contributed by atoms with E-state index in [1.807, 2.05) is 23.6 Å². The van der Waals surface area contributed by atoms with Gasteiger partial charge in [0.25, 0.3) is 0 Å². The Balaban J connectivity index is 1.84. The summed E-state index contributed by atoms with van der Waals surface area (Å²) < 4.78 is 5.71. The van der Waals surface area contributed by atoms with Crippen LogP contribution in [0.3, 0.4) is 0 Å². The number of carboxylic acid groups (broad SMARTS) is 1. The number of hydrogen-bond acceptors (Lipinski definition) is 4. The molecule has 1 N–H and O–H groups in total. The highest BCUT2D eigenvalue weighted by molar-refractivity contribution is 7.09. The second-order valence-corrected chi connectivity index (χ2v) is 5.38. The van der Waals surface area contributed by atoms with Gasteiger partial charge in [0.15, 0.2) is 0 Å². The number of aliphatic carboxylic acids is 1. The Morgan fingerprint density at radius 2 is 2.33 bits per heavy atom. The number of ether oxygens (including phenoxy) is 1. The predicted octanol–water partition coefficient (Wildman–Crippen LogP) is 3.42. The van der Waals surface area contributed by atoms with Crippen molar-refractivity contribution in [3.05, 3.63) is 52.0 Å². The molecule has 4 nitrogen and oxygen atoms in total. The molecule has 0 unspecified atom stereocenters. The SMILES string of the molecule is CCc1cccc(OCCc2nc(/C=C/C(=O)O)cs2)c1. The van der Waals surface area contributed by atoms with Crippen LogP contribution < -0.4 is 4.74 Å². The van der Waals surface area contributed by atoms with Gasteiger partial charge in [-0.2, -0.15) is 0 Å². The van der Waals surface area contributed by atoms with Gasteiger partial charge in [-0.05, 0) is 30.2 Å². The van der Waals surface area contributed by atoms with E-state index in [9.17, 15) is 4.79 Å². The summed E-state index contributed by atoms with van der Waals surface area (Å²) in [6.07, 6.45) is 4.28. The summed E-state index contributed by atoms with van der Waals surface area (Å²) in [4.78, 5) is 14.8. The molecule has 0 bridgehead atoms. The number of carboxylic acids is 1. The van der Waals surface area contributed by atoms with Crippen molar-refractivity contribution in [2.24, 2.45) is 0 Å². The molecule has 0 saturated heterocycles. The highest BCUT2D eigenvalue weighted by atomic mass is 32.1. The summed E-state index contributed by atoms with van der Waals surface area (Å²) in [6, 6.07) is 8.06. The third kappa shape index (κ3) is 5.04. The highest BCUT2D eigenvalue weighted by Gasteiger charge is 2.02. The predicted molar refractivity (Wildman–Crippen MR) is 83.8 cm³/mol. The van der Waals surface area contributed by atoms with Gasteiger partial charge in [-0.1, -0.05) is 19.1 Å². The van der Waals surface area contributed by atoms with Crippen LogP contribution >= 0.6 is 11.3 Å². The zero-order valence-corrected chi connectivity index (χ0v) is 12.6. The van der Waals surface area contributed by atoms with Crippen LogP contribution in [0.4, 0.5) is 0 Å². The van der Waals surface area contributed by atoms with Crippen molar-refractivity contribution in [3.63, 3.8) is 0 Å². The summed E-state index contributed by atoms with van der Waals surface area (Å²) in [5.74, 6) is -0.0967. The fourth-order valence-electron chi connectivity index (χ4n) is 1.78. The molecule has 0 aliphatic heterocycles. The van der Waals surface area contributed by atoms with Gasteiger partial charge in [-0.15, -0.1) is 11.3 Å². The number of carbonyl (C=O) groups is 1. The number of rotatable bonds is 7. The van der Waals surface area contributed by atoms with E-state index in [-0.39, 0.29) is 0 Å². The fourth-order valence-corrected chi connectivity index (χ4v) is 2.53. The molecule has 0 aliphatic carbocycles. The van der Waals surface area contributed by atoms with Gasteiger partial charge in [-0.3, -0.25) is 0 Å². The number of nitrogens with zero attached hydrogens (tertiary/aromatic N) is 1. The first-order valence-electron chi connectivity index (χ1n) is 6.74. The average molecular weight is 303 g/mol. The molecule has 0 saturated carbocycles. The van der Waals surface area contributed by atoms with Crippen molar-refractivity contribution in [1.82, 2.24) is 4.98 Å². The first-order chi connectivity index (χ1) is 10.2. The Morgan fingerprint density at radius 3 is 3.10 bits per heavy atom. The van der Waals surface area contributed by atoms with Gasteiger partial charge in [0, 0.05) is 17.9 Å². The Kier molecular flexibility index (Phi) is 5.51. The standard InChI is InChI=1S/C16H17NO3S/c1-2-12-4-3-5-14(10-12)20-9-8-15-17-13(11-21-15)6-7-16(18)19/h3-7,10-11H,2,8-9H2,1H3,(H,18,19)/b7-6+. The van der Waals surface area contributed by atoms with Gasteiger partial charge in [0.2, 0.25) is 0 Å². The van der Waals surface area contributed by atoms with E-state index >= 15 is 0 Å². The largest absolute Gasteiger partial charge is 0.493 e. The Hall–Kier alpha value is -2.14. The van der Waals surface area contributed by atoms with Crippen LogP contribution in [-0.2, 0) is 17.6 Å². The molecule has 0 radical (unpaired) electrons. The van der Waals surface area contributed by atoms with Crippen molar-refractivity contribution >= 4 is 23.4 Å². The molecular formula is C16H17NO3S. The third-order valence-electron chi connectivity index (χ3n) is 2.86. The molecule has 1 aromatic heterocycles. The summed E-state index contributed by atoms with van der Waals surface area (Å²) in [7, 11) is 0. The molecule has 0 atom stereocenters. The summed E-state index contributed by atoms with van der Waals surface area (Å²) >= 11 is 1.51. The molecule has 1 aromatic carbocycles. The lowest BCUT2D eigenvalue weighted by molar-refractivity contribution is -0.131. The molecule has 5 heteroatoms. The summed E-state index contributed by atoms with van der Waals surface area (Å²) in [5, 5.41) is 11.3. The van der Waals surface area contributed by atoms with Crippen LogP contribution in [0.25, 0.3) is 6.08 Å². The van der Waals surface area contributed by atoms with Crippen LogP contribution in [0.2, 0.25) is 0 Å². The highest BCUT2D eigenvalue weighted by Crippen LogP contribution is 2.15. The monoisotopic (exact) mass is 303 g/mol. The molecular weight excluding hydrogens is 286 g/mol. The molecule has 1 heterocycles. The Bertz CT molecular complexity index is 634.